The Bertz CT molecular complexity index is 506. The molecule has 0 saturated heterocycles. The van der Waals surface area contributed by atoms with Crippen LogP contribution in [0.15, 0.2) is 30.3 Å². The topological polar surface area (TPSA) is 47.3 Å². The second-order valence-corrected chi connectivity index (χ2v) is 3.85. The summed E-state index contributed by atoms with van der Waals surface area (Å²) in [6.45, 7) is 5.21. The zero-order chi connectivity index (χ0) is 12.3. The average molecular weight is 232 g/mol. The summed E-state index contributed by atoms with van der Waals surface area (Å²) < 4.78 is 7.47. The van der Waals surface area contributed by atoms with Crippen molar-refractivity contribution in [3.63, 3.8) is 0 Å². The number of aromatic nitrogens is 2. The van der Waals surface area contributed by atoms with E-state index in [1.54, 1.807) is 18.2 Å². The number of para-hydroxylation sites is 2. The molecule has 1 heterocycles. The number of phenolic OH excluding ortho intramolecular Hbond substituents is 1. The Morgan fingerprint density at radius 3 is 2.82 bits per heavy atom. The molecule has 0 aliphatic rings. The second kappa shape index (κ2) is 4.91. The Kier molecular flexibility index (Phi) is 3.32. The molecule has 1 N–H and O–H groups in total. The lowest BCUT2D eigenvalue weighted by molar-refractivity contribution is 0.277. The molecule has 0 aliphatic carbocycles. The summed E-state index contributed by atoms with van der Waals surface area (Å²) in [7, 11) is 0. The van der Waals surface area contributed by atoms with Gasteiger partial charge in [0.25, 0.3) is 0 Å². The predicted molar refractivity (Wildman–Crippen MR) is 65.1 cm³/mol. The maximum Gasteiger partial charge on any atom is 0.161 e. The number of ether oxygens (including phenoxy) is 1. The summed E-state index contributed by atoms with van der Waals surface area (Å²) >= 11 is 0. The molecule has 4 nitrogen and oxygen atoms in total. The predicted octanol–water partition coefficient (Wildman–Crippen LogP) is 2.50. The van der Waals surface area contributed by atoms with Crippen LogP contribution in [0.25, 0.3) is 0 Å². The number of hydrogen-bond donors (Lipinski definition) is 1. The third-order valence-corrected chi connectivity index (χ3v) is 2.53. The maximum atomic E-state index is 9.57. The summed E-state index contributed by atoms with van der Waals surface area (Å²) in [5.74, 6) is 0.654. The van der Waals surface area contributed by atoms with Crippen molar-refractivity contribution in [1.82, 2.24) is 9.78 Å². The van der Waals surface area contributed by atoms with E-state index in [4.69, 9.17) is 4.74 Å². The highest BCUT2D eigenvalue weighted by molar-refractivity contribution is 5.37. The smallest absolute Gasteiger partial charge is 0.161 e. The number of benzene rings is 1. The fourth-order valence-electron chi connectivity index (χ4n) is 1.72. The Labute approximate surface area is 100 Å². The summed E-state index contributed by atoms with van der Waals surface area (Å²) in [5.41, 5.74) is 1.98. The van der Waals surface area contributed by atoms with E-state index in [9.17, 15) is 5.11 Å². The number of nitrogens with zero attached hydrogens (tertiary/aromatic N) is 2. The molecule has 1 aromatic heterocycles. The van der Waals surface area contributed by atoms with Gasteiger partial charge in [-0.15, -0.1) is 0 Å². The number of aryl methyl sites for hydroxylation is 2. The summed E-state index contributed by atoms with van der Waals surface area (Å²) in [5, 5.41) is 13.9. The van der Waals surface area contributed by atoms with Gasteiger partial charge in [0.05, 0.1) is 11.4 Å². The van der Waals surface area contributed by atoms with Gasteiger partial charge in [-0.2, -0.15) is 5.10 Å². The lowest BCUT2D eigenvalue weighted by Crippen LogP contribution is -2.06. The first-order valence-corrected chi connectivity index (χ1v) is 5.65. The minimum absolute atomic E-state index is 0.159. The molecule has 90 valence electrons. The van der Waals surface area contributed by atoms with E-state index in [0.717, 1.165) is 17.9 Å². The fraction of sp³-hybridized carbons (Fsp3) is 0.308. The van der Waals surface area contributed by atoms with Crippen molar-refractivity contribution < 1.29 is 9.84 Å². The van der Waals surface area contributed by atoms with Crippen LogP contribution >= 0.6 is 0 Å². The summed E-state index contributed by atoms with van der Waals surface area (Å²) in [6, 6.07) is 8.94. The molecule has 2 aromatic rings. The van der Waals surface area contributed by atoms with E-state index in [2.05, 4.69) is 5.10 Å². The highest BCUT2D eigenvalue weighted by Gasteiger charge is 2.06. The highest BCUT2D eigenvalue weighted by atomic mass is 16.5. The molecule has 0 spiro atoms. The molecular weight excluding hydrogens is 216 g/mol. The molecule has 0 amide bonds. The average Bonchev–Trinajstić information content (AvgIpc) is 2.69. The molecular formula is C13H16N2O2. The van der Waals surface area contributed by atoms with Gasteiger partial charge in [0.2, 0.25) is 0 Å². The maximum absolute atomic E-state index is 9.57. The van der Waals surface area contributed by atoms with Crippen LogP contribution in [0.5, 0.6) is 11.5 Å². The van der Waals surface area contributed by atoms with Crippen LogP contribution < -0.4 is 4.74 Å². The van der Waals surface area contributed by atoms with Gasteiger partial charge in [-0.05, 0) is 32.0 Å². The van der Waals surface area contributed by atoms with E-state index in [0.29, 0.717) is 12.4 Å². The monoisotopic (exact) mass is 232 g/mol. The van der Waals surface area contributed by atoms with E-state index >= 15 is 0 Å². The quantitative estimate of drug-likeness (QED) is 0.881. The third kappa shape index (κ3) is 2.58. The van der Waals surface area contributed by atoms with Crippen LogP contribution in [0.1, 0.15) is 18.3 Å². The zero-order valence-corrected chi connectivity index (χ0v) is 10.1. The molecule has 2 rings (SSSR count). The van der Waals surface area contributed by atoms with Gasteiger partial charge in [-0.25, -0.2) is 0 Å². The lowest BCUT2D eigenvalue weighted by atomic mass is 10.3. The molecule has 0 bridgehead atoms. The van der Waals surface area contributed by atoms with Crippen molar-refractivity contribution in [3.05, 3.63) is 41.7 Å². The Hall–Kier alpha value is -1.97. The minimum atomic E-state index is 0.159. The molecule has 1 aromatic carbocycles. The first-order chi connectivity index (χ1) is 8.20. The lowest BCUT2D eigenvalue weighted by Gasteiger charge is -2.08. The number of aromatic hydroxyl groups is 1. The Balaban J connectivity index is 2.09. The standard InChI is InChI=1S/C13H16N2O2/c1-3-15-11(8-10(2)14-15)9-17-13-7-5-4-6-12(13)16/h4-8,16H,3,9H2,1-2H3. The largest absolute Gasteiger partial charge is 0.504 e. The van der Waals surface area contributed by atoms with Crippen molar-refractivity contribution in [2.45, 2.75) is 27.0 Å². The second-order valence-electron chi connectivity index (χ2n) is 3.85. The summed E-state index contributed by atoms with van der Waals surface area (Å²) in [4.78, 5) is 0. The number of hydrogen-bond acceptors (Lipinski definition) is 3. The molecule has 4 heteroatoms. The molecule has 0 radical (unpaired) electrons. The van der Waals surface area contributed by atoms with Crippen LogP contribution in [-0.4, -0.2) is 14.9 Å². The van der Waals surface area contributed by atoms with Crippen molar-refractivity contribution >= 4 is 0 Å². The highest BCUT2D eigenvalue weighted by Crippen LogP contribution is 2.25. The van der Waals surface area contributed by atoms with E-state index in [-0.39, 0.29) is 5.75 Å². The first kappa shape index (κ1) is 11.5. The molecule has 17 heavy (non-hydrogen) atoms. The van der Waals surface area contributed by atoms with Crippen molar-refractivity contribution in [3.8, 4) is 11.5 Å². The van der Waals surface area contributed by atoms with Crippen molar-refractivity contribution in [2.75, 3.05) is 0 Å². The normalized spacial score (nSPS) is 10.5. The van der Waals surface area contributed by atoms with E-state index in [1.807, 2.05) is 30.7 Å². The van der Waals surface area contributed by atoms with E-state index in [1.165, 1.54) is 0 Å². The van der Waals surface area contributed by atoms with Gasteiger partial charge in [0.15, 0.2) is 11.5 Å². The van der Waals surface area contributed by atoms with Crippen molar-refractivity contribution in [2.24, 2.45) is 0 Å². The zero-order valence-electron chi connectivity index (χ0n) is 10.1. The van der Waals surface area contributed by atoms with Gasteiger partial charge < -0.3 is 9.84 Å². The van der Waals surface area contributed by atoms with E-state index < -0.39 is 0 Å². The van der Waals surface area contributed by atoms with Gasteiger partial charge in [-0.1, -0.05) is 12.1 Å². The molecule has 0 fully saturated rings. The number of phenols is 1. The van der Waals surface area contributed by atoms with Crippen LogP contribution in [0.2, 0.25) is 0 Å². The molecule has 0 aliphatic heterocycles. The van der Waals surface area contributed by atoms with Crippen LogP contribution in [-0.2, 0) is 13.2 Å². The fourth-order valence-corrected chi connectivity index (χ4v) is 1.72. The van der Waals surface area contributed by atoms with Gasteiger partial charge in [-0.3, -0.25) is 4.68 Å². The van der Waals surface area contributed by atoms with Crippen LogP contribution in [0.4, 0.5) is 0 Å². The Morgan fingerprint density at radius 1 is 1.35 bits per heavy atom. The number of rotatable bonds is 4. The molecule has 0 unspecified atom stereocenters. The van der Waals surface area contributed by atoms with Crippen LogP contribution in [0.3, 0.4) is 0 Å². The summed E-state index contributed by atoms with van der Waals surface area (Å²) in [6.07, 6.45) is 0. The van der Waals surface area contributed by atoms with Crippen LogP contribution in [0, 0.1) is 6.92 Å². The van der Waals surface area contributed by atoms with Gasteiger partial charge in [0.1, 0.15) is 6.61 Å². The minimum Gasteiger partial charge on any atom is -0.504 e. The Morgan fingerprint density at radius 2 is 2.12 bits per heavy atom. The van der Waals surface area contributed by atoms with Gasteiger partial charge >= 0.3 is 0 Å². The SMILES string of the molecule is CCn1nc(C)cc1COc1ccccc1O. The van der Waals surface area contributed by atoms with Crippen molar-refractivity contribution in [1.29, 1.82) is 0 Å². The van der Waals surface area contributed by atoms with Gasteiger partial charge in [0, 0.05) is 6.54 Å². The third-order valence-electron chi connectivity index (χ3n) is 2.53. The molecule has 0 saturated carbocycles. The molecule has 0 atom stereocenters. The first-order valence-electron chi connectivity index (χ1n) is 5.65.